The molecule has 0 unspecified atom stereocenters. The van der Waals surface area contributed by atoms with Crippen LogP contribution in [0.15, 0.2) is 84.9 Å². The van der Waals surface area contributed by atoms with Crippen molar-refractivity contribution in [2.45, 2.75) is 45.3 Å². The minimum atomic E-state index is -0.621. The summed E-state index contributed by atoms with van der Waals surface area (Å²) in [6.45, 7) is 7.02. The molecule has 2 aliphatic heterocycles. The van der Waals surface area contributed by atoms with Gasteiger partial charge in [0.1, 0.15) is 11.7 Å². The fourth-order valence-corrected chi connectivity index (χ4v) is 6.46. The molecule has 2 N–H and O–H groups in total. The van der Waals surface area contributed by atoms with Crippen LogP contribution in [0.4, 0.5) is 0 Å². The Kier molecular flexibility index (Phi) is 6.25. The Balaban J connectivity index is 1.24. The molecule has 0 radical (unpaired) electrons. The van der Waals surface area contributed by atoms with Crippen molar-refractivity contribution in [1.82, 2.24) is 14.4 Å². The highest BCUT2D eigenvalue weighted by Crippen LogP contribution is 2.40. The van der Waals surface area contributed by atoms with Crippen molar-refractivity contribution in [3.8, 4) is 11.1 Å². The van der Waals surface area contributed by atoms with Gasteiger partial charge in [-0.25, -0.2) is 0 Å². The van der Waals surface area contributed by atoms with Gasteiger partial charge in [-0.2, -0.15) is 0 Å². The van der Waals surface area contributed by atoms with Crippen molar-refractivity contribution >= 4 is 28.6 Å². The summed E-state index contributed by atoms with van der Waals surface area (Å²) in [6, 6.07) is 26.5. The van der Waals surface area contributed by atoms with Crippen molar-refractivity contribution < 1.29 is 14.4 Å². The zero-order valence-corrected chi connectivity index (χ0v) is 23.1. The number of amides is 3. The Bertz CT molecular complexity index is 1600. The molecule has 2 fully saturated rings. The van der Waals surface area contributed by atoms with Gasteiger partial charge in [0.15, 0.2) is 0 Å². The van der Waals surface area contributed by atoms with Crippen molar-refractivity contribution in [2.75, 3.05) is 13.1 Å². The van der Waals surface area contributed by atoms with Crippen LogP contribution >= 0.6 is 0 Å². The van der Waals surface area contributed by atoms with Crippen molar-refractivity contribution in [3.63, 3.8) is 0 Å². The molecular weight excluding hydrogens is 500 g/mol. The van der Waals surface area contributed by atoms with E-state index in [0.29, 0.717) is 24.3 Å². The molecule has 6 rings (SSSR count). The summed E-state index contributed by atoms with van der Waals surface area (Å²) in [4.78, 5) is 44.1. The summed E-state index contributed by atoms with van der Waals surface area (Å²) >= 11 is 0. The highest BCUT2D eigenvalue weighted by Gasteiger charge is 2.50. The van der Waals surface area contributed by atoms with Gasteiger partial charge in [-0.15, -0.1) is 0 Å². The molecule has 0 spiro atoms. The smallest absolute Gasteiger partial charge is 0.265 e. The van der Waals surface area contributed by atoms with Crippen LogP contribution in [0, 0.1) is 5.41 Å². The average molecular weight is 535 g/mol. The zero-order chi connectivity index (χ0) is 28.2. The fraction of sp³-hybridized carbons (Fsp3) is 0.303. The number of carbonyl (C=O) groups is 3. The number of carbonyl (C=O) groups excluding carboxylic acids is 3. The number of aromatic nitrogens is 1. The lowest BCUT2D eigenvalue weighted by Crippen LogP contribution is -2.53. The predicted octanol–water partition coefficient (Wildman–Crippen LogP) is 5.12. The van der Waals surface area contributed by atoms with Gasteiger partial charge in [0, 0.05) is 29.6 Å². The molecule has 2 saturated heterocycles. The molecule has 3 heterocycles. The topological polar surface area (TPSA) is 88.6 Å². The largest absolute Gasteiger partial charge is 0.364 e. The summed E-state index contributed by atoms with van der Waals surface area (Å²) in [5, 5.41) is 0.872. The van der Waals surface area contributed by atoms with Gasteiger partial charge in [-0.05, 0) is 47.2 Å². The first-order chi connectivity index (χ1) is 19.1. The van der Waals surface area contributed by atoms with E-state index in [0.717, 1.165) is 28.5 Å². The van der Waals surface area contributed by atoms with Crippen molar-refractivity contribution in [3.05, 3.63) is 96.2 Å². The molecule has 3 atom stereocenters. The third-order valence-electron chi connectivity index (χ3n) is 8.34. The second-order valence-electron chi connectivity index (χ2n) is 12.0. The van der Waals surface area contributed by atoms with Crippen LogP contribution in [0.2, 0.25) is 0 Å². The van der Waals surface area contributed by atoms with E-state index in [-0.39, 0.29) is 23.9 Å². The first-order valence-electron chi connectivity index (χ1n) is 13.8. The van der Waals surface area contributed by atoms with Gasteiger partial charge in [0.05, 0.1) is 12.1 Å². The van der Waals surface area contributed by atoms with E-state index >= 15 is 0 Å². The van der Waals surface area contributed by atoms with Gasteiger partial charge in [-0.1, -0.05) is 81.4 Å². The predicted molar refractivity (Wildman–Crippen MR) is 156 cm³/mol. The number of fused-ring (bicyclic) bond motifs is 3. The van der Waals surface area contributed by atoms with Crippen LogP contribution in [-0.2, 0) is 4.79 Å². The SMILES string of the molecule is CC(C)(C)[C@@H](C(=O)N1C[C@@H]2C[C@H]1CN2C(=O)c1ccc(-c2ccccc2)cc1)n1c(C(N)=O)cc2ccccc21. The van der Waals surface area contributed by atoms with Gasteiger partial charge in [0.2, 0.25) is 5.91 Å². The summed E-state index contributed by atoms with van der Waals surface area (Å²) in [6.07, 6.45) is 0.756. The lowest BCUT2D eigenvalue weighted by molar-refractivity contribution is -0.140. The molecule has 4 aromatic rings. The van der Waals surface area contributed by atoms with Gasteiger partial charge >= 0.3 is 0 Å². The van der Waals surface area contributed by atoms with E-state index in [9.17, 15) is 14.4 Å². The van der Waals surface area contributed by atoms with E-state index < -0.39 is 17.4 Å². The minimum Gasteiger partial charge on any atom is -0.364 e. The molecule has 3 aromatic carbocycles. The van der Waals surface area contributed by atoms with Crippen LogP contribution in [0.3, 0.4) is 0 Å². The molecule has 0 saturated carbocycles. The third-order valence-corrected chi connectivity index (χ3v) is 8.34. The molecule has 3 amide bonds. The Morgan fingerprint density at radius 3 is 2.02 bits per heavy atom. The molecule has 0 aliphatic carbocycles. The lowest BCUT2D eigenvalue weighted by atomic mass is 9.85. The van der Waals surface area contributed by atoms with Crippen LogP contribution in [0.5, 0.6) is 0 Å². The average Bonchev–Trinajstić information content (AvgIpc) is 3.66. The summed E-state index contributed by atoms with van der Waals surface area (Å²) in [5.41, 5.74) is 9.28. The maximum absolute atomic E-state index is 14.3. The molecule has 2 aliphatic rings. The lowest BCUT2D eigenvalue weighted by Gasteiger charge is -2.40. The number of nitrogens with zero attached hydrogens (tertiary/aromatic N) is 3. The first kappa shape index (κ1) is 25.9. The second kappa shape index (κ2) is 9.66. The number of hydrogen-bond donors (Lipinski definition) is 1. The summed E-state index contributed by atoms with van der Waals surface area (Å²) in [5.74, 6) is -0.599. The number of primary amides is 1. The fourth-order valence-electron chi connectivity index (χ4n) is 6.46. The van der Waals surface area contributed by atoms with Gasteiger partial charge in [-0.3, -0.25) is 14.4 Å². The Morgan fingerprint density at radius 2 is 1.40 bits per heavy atom. The Labute approximate surface area is 234 Å². The number of para-hydroxylation sites is 1. The van der Waals surface area contributed by atoms with Gasteiger partial charge in [0.25, 0.3) is 11.8 Å². The molecular formula is C33H34N4O3. The number of nitrogens with two attached hydrogens (primary N) is 1. The number of rotatable bonds is 5. The van der Waals surface area contributed by atoms with Gasteiger partial charge < -0.3 is 20.1 Å². The number of piperazine rings is 1. The number of benzene rings is 3. The Hall–Kier alpha value is -4.39. The maximum Gasteiger partial charge on any atom is 0.265 e. The Morgan fingerprint density at radius 1 is 0.800 bits per heavy atom. The van der Waals surface area contributed by atoms with Crippen LogP contribution in [0.25, 0.3) is 22.0 Å². The van der Waals surface area contributed by atoms with Crippen LogP contribution in [0.1, 0.15) is 54.1 Å². The standard InChI is InChI=1S/C33H34N4O3/c1-33(2,3)29(37-27-12-8-7-11-24(27)17-28(37)30(34)38)32(40)36-20-25-18-26(36)19-35(25)31(39)23-15-13-22(14-16-23)21-9-5-4-6-10-21/h4-17,25-26,29H,18-20H2,1-3H3,(H2,34,38)/t25-,26-,29+/m0/s1. The molecule has 2 bridgehead atoms. The molecule has 7 nitrogen and oxygen atoms in total. The van der Waals surface area contributed by atoms with Crippen LogP contribution in [-0.4, -0.2) is 57.3 Å². The van der Waals surface area contributed by atoms with E-state index in [1.54, 1.807) is 6.07 Å². The normalized spacial score (nSPS) is 19.3. The summed E-state index contributed by atoms with van der Waals surface area (Å²) in [7, 11) is 0. The minimum absolute atomic E-state index is 0.000926. The molecule has 40 heavy (non-hydrogen) atoms. The molecule has 1 aromatic heterocycles. The number of hydrogen-bond acceptors (Lipinski definition) is 3. The maximum atomic E-state index is 14.3. The van der Waals surface area contributed by atoms with E-state index in [1.165, 1.54) is 0 Å². The summed E-state index contributed by atoms with van der Waals surface area (Å²) < 4.78 is 1.82. The second-order valence-corrected chi connectivity index (χ2v) is 12.0. The third kappa shape index (κ3) is 4.35. The monoisotopic (exact) mass is 534 g/mol. The van der Waals surface area contributed by atoms with Crippen LogP contribution < -0.4 is 5.73 Å². The van der Waals surface area contributed by atoms with Crippen molar-refractivity contribution in [2.24, 2.45) is 11.1 Å². The van der Waals surface area contributed by atoms with E-state index in [4.69, 9.17) is 5.73 Å². The first-order valence-corrected chi connectivity index (χ1v) is 13.8. The molecule has 204 valence electrons. The molecule has 7 heteroatoms. The highest BCUT2D eigenvalue weighted by molar-refractivity contribution is 6.00. The van der Waals surface area contributed by atoms with E-state index in [2.05, 4.69) is 12.1 Å². The highest BCUT2D eigenvalue weighted by atomic mass is 16.2. The zero-order valence-electron chi connectivity index (χ0n) is 23.1. The number of likely N-dealkylation sites (tertiary alicyclic amines) is 2. The van der Waals surface area contributed by atoms with E-state index in [1.807, 2.05) is 102 Å². The van der Waals surface area contributed by atoms with Crippen molar-refractivity contribution in [1.29, 1.82) is 0 Å². The quantitative estimate of drug-likeness (QED) is 0.386.